The Hall–Kier alpha value is -4.44. The number of likely N-dealkylation sites (tertiary alicyclic amines) is 1. The Balaban J connectivity index is 1.24. The predicted molar refractivity (Wildman–Crippen MR) is 150 cm³/mol. The van der Waals surface area contributed by atoms with Crippen LogP contribution in [0.2, 0.25) is 0 Å². The molecule has 2 aromatic heterocycles. The third-order valence-corrected chi connectivity index (χ3v) is 6.83. The van der Waals surface area contributed by atoms with E-state index in [1.807, 2.05) is 24.3 Å². The quantitative estimate of drug-likeness (QED) is 0.284. The van der Waals surface area contributed by atoms with Gasteiger partial charge < -0.3 is 25.1 Å². The lowest BCUT2D eigenvalue weighted by Crippen LogP contribution is -2.42. The fourth-order valence-electron chi connectivity index (χ4n) is 4.83. The number of nitrogens with zero attached hydrogens (tertiary/aromatic N) is 3. The highest BCUT2D eigenvalue weighted by Crippen LogP contribution is 2.31. The van der Waals surface area contributed by atoms with Crippen molar-refractivity contribution in [2.45, 2.75) is 39.2 Å². The van der Waals surface area contributed by atoms with Gasteiger partial charge in [0.1, 0.15) is 17.1 Å². The number of fused-ring (bicyclic) bond motifs is 1. The smallest absolute Gasteiger partial charge is 0.255 e. The highest BCUT2D eigenvalue weighted by atomic mass is 16.5. The normalized spacial score (nSPS) is 15.6. The number of piperidine rings is 1. The summed E-state index contributed by atoms with van der Waals surface area (Å²) < 4.78 is 11.7. The van der Waals surface area contributed by atoms with Crippen LogP contribution in [0.15, 0.2) is 59.1 Å². The maximum atomic E-state index is 12.6. The van der Waals surface area contributed by atoms with Crippen LogP contribution in [-0.4, -0.2) is 52.9 Å². The average Bonchev–Trinajstić information content (AvgIpc) is 3.25. The van der Waals surface area contributed by atoms with Crippen LogP contribution in [0.25, 0.3) is 11.0 Å². The van der Waals surface area contributed by atoms with E-state index in [4.69, 9.17) is 9.15 Å². The number of aryl methyl sites for hydroxylation is 1. The second-order valence-corrected chi connectivity index (χ2v) is 9.66. The van der Waals surface area contributed by atoms with E-state index < -0.39 is 0 Å². The van der Waals surface area contributed by atoms with Gasteiger partial charge in [-0.2, -0.15) is 4.98 Å². The summed E-state index contributed by atoms with van der Waals surface area (Å²) in [6.45, 7) is 5.27. The first-order valence-electron chi connectivity index (χ1n) is 13.1. The number of rotatable bonds is 8. The standard InChI is InChI=1S/C29H32N6O4/c1-18-7-4-5-14-35(18)17-25(36)32-20-8-6-9-21(15-20)33-29-31-13-12-26(34-29)39-22-10-11-23-24(16-22)38-19(2)27(23)28(37)30-3/h6,8-13,15-16,18H,4-5,7,14,17H2,1-3H3,(H,30,37)(H,32,36)(H,31,33,34). The third kappa shape index (κ3) is 6.18. The van der Waals surface area contributed by atoms with Gasteiger partial charge in [-0.3, -0.25) is 14.5 Å². The van der Waals surface area contributed by atoms with E-state index in [2.05, 4.69) is 37.7 Å². The fourth-order valence-corrected chi connectivity index (χ4v) is 4.83. The number of ether oxygens (including phenoxy) is 1. The van der Waals surface area contributed by atoms with E-state index >= 15 is 0 Å². The van der Waals surface area contributed by atoms with Crippen LogP contribution < -0.4 is 20.7 Å². The molecule has 1 unspecified atom stereocenters. The van der Waals surface area contributed by atoms with Crippen LogP contribution in [0.1, 0.15) is 42.3 Å². The molecule has 1 aliphatic heterocycles. The molecular weight excluding hydrogens is 496 g/mol. The Labute approximate surface area is 226 Å². The highest BCUT2D eigenvalue weighted by molar-refractivity contribution is 6.07. The molecule has 0 aliphatic carbocycles. The molecule has 0 saturated carbocycles. The van der Waals surface area contributed by atoms with Crippen molar-refractivity contribution in [3.63, 3.8) is 0 Å². The number of amides is 2. The molecule has 5 rings (SSSR count). The summed E-state index contributed by atoms with van der Waals surface area (Å²) in [5.74, 6) is 1.49. The molecule has 0 bridgehead atoms. The van der Waals surface area contributed by atoms with E-state index in [9.17, 15) is 9.59 Å². The molecule has 3 N–H and O–H groups in total. The molecule has 10 nitrogen and oxygen atoms in total. The van der Waals surface area contributed by atoms with Gasteiger partial charge in [0.2, 0.25) is 17.7 Å². The number of anilines is 3. The lowest BCUT2D eigenvalue weighted by Gasteiger charge is -2.32. The van der Waals surface area contributed by atoms with E-state index in [-0.39, 0.29) is 11.8 Å². The van der Waals surface area contributed by atoms with Gasteiger partial charge in [0.25, 0.3) is 5.91 Å². The van der Waals surface area contributed by atoms with Gasteiger partial charge in [-0.25, -0.2) is 4.98 Å². The summed E-state index contributed by atoms with van der Waals surface area (Å²) >= 11 is 0. The minimum atomic E-state index is -0.202. The first kappa shape index (κ1) is 26.2. The Morgan fingerprint density at radius 1 is 1.13 bits per heavy atom. The Bertz CT molecular complexity index is 1500. The molecule has 202 valence electrons. The summed E-state index contributed by atoms with van der Waals surface area (Å²) in [5, 5.41) is 9.50. The Kier molecular flexibility index (Phi) is 7.74. The third-order valence-electron chi connectivity index (χ3n) is 6.83. The second kappa shape index (κ2) is 11.5. The number of hydrogen-bond donors (Lipinski definition) is 3. The van der Waals surface area contributed by atoms with E-state index in [1.165, 1.54) is 6.42 Å². The molecule has 2 amide bonds. The van der Waals surface area contributed by atoms with Gasteiger partial charge in [0.05, 0.1) is 12.1 Å². The number of hydrogen-bond acceptors (Lipinski definition) is 8. The van der Waals surface area contributed by atoms with Crippen LogP contribution >= 0.6 is 0 Å². The summed E-state index contributed by atoms with van der Waals surface area (Å²) in [7, 11) is 1.59. The molecule has 1 saturated heterocycles. The van der Waals surface area contributed by atoms with Gasteiger partial charge in [0, 0.05) is 48.2 Å². The van der Waals surface area contributed by atoms with Crippen LogP contribution in [-0.2, 0) is 4.79 Å². The summed E-state index contributed by atoms with van der Waals surface area (Å²) in [6.07, 6.45) is 5.08. The number of furan rings is 1. The molecule has 1 fully saturated rings. The Morgan fingerprint density at radius 3 is 2.79 bits per heavy atom. The van der Waals surface area contributed by atoms with Crippen LogP contribution in [0.3, 0.4) is 0 Å². The van der Waals surface area contributed by atoms with Gasteiger partial charge in [-0.1, -0.05) is 12.5 Å². The van der Waals surface area contributed by atoms with Crippen LogP contribution in [0.5, 0.6) is 11.6 Å². The topological polar surface area (TPSA) is 122 Å². The SMILES string of the molecule is CNC(=O)c1c(C)oc2cc(Oc3ccnc(Nc4cccc(NC(=O)CN5CCCCC5C)c4)n3)ccc12. The molecule has 2 aromatic carbocycles. The number of carbonyl (C=O) groups excluding carboxylic acids is 2. The summed E-state index contributed by atoms with van der Waals surface area (Å²) in [6, 6.07) is 14.8. The van der Waals surface area contributed by atoms with Crippen molar-refractivity contribution >= 4 is 40.1 Å². The summed E-state index contributed by atoms with van der Waals surface area (Å²) in [4.78, 5) is 35.8. The summed E-state index contributed by atoms with van der Waals surface area (Å²) in [5.41, 5.74) is 2.47. The maximum absolute atomic E-state index is 12.6. The molecule has 1 aliphatic rings. The van der Waals surface area contributed by atoms with E-state index in [0.717, 1.165) is 25.1 Å². The predicted octanol–water partition coefficient (Wildman–Crippen LogP) is 5.24. The zero-order chi connectivity index (χ0) is 27.4. The maximum Gasteiger partial charge on any atom is 0.255 e. The average molecular weight is 529 g/mol. The minimum absolute atomic E-state index is 0.0290. The number of nitrogens with one attached hydrogen (secondary N) is 3. The van der Waals surface area contributed by atoms with Crippen molar-refractivity contribution in [1.29, 1.82) is 0 Å². The number of benzene rings is 2. The van der Waals surface area contributed by atoms with Crippen molar-refractivity contribution in [3.8, 4) is 11.6 Å². The number of carbonyl (C=O) groups is 2. The molecule has 0 radical (unpaired) electrons. The van der Waals surface area contributed by atoms with Gasteiger partial charge in [0.15, 0.2) is 0 Å². The lowest BCUT2D eigenvalue weighted by atomic mass is 10.0. The molecule has 0 spiro atoms. The zero-order valence-corrected chi connectivity index (χ0v) is 22.3. The zero-order valence-electron chi connectivity index (χ0n) is 22.3. The number of aromatic nitrogens is 2. The second-order valence-electron chi connectivity index (χ2n) is 9.66. The first-order valence-corrected chi connectivity index (χ1v) is 13.1. The molecular formula is C29H32N6O4. The molecule has 10 heteroatoms. The van der Waals surface area contributed by atoms with Crippen molar-refractivity contribution in [2.75, 3.05) is 30.8 Å². The van der Waals surface area contributed by atoms with Crippen molar-refractivity contribution < 1.29 is 18.7 Å². The lowest BCUT2D eigenvalue weighted by molar-refractivity contribution is -0.118. The van der Waals surface area contributed by atoms with E-state index in [1.54, 1.807) is 44.4 Å². The monoisotopic (exact) mass is 528 g/mol. The van der Waals surface area contributed by atoms with Gasteiger partial charge in [-0.05, 0) is 63.6 Å². The Morgan fingerprint density at radius 2 is 1.97 bits per heavy atom. The van der Waals surface area contributed by atoms with Gasteiger partial charge >= 0.3 is 0 Å². The van der Waals surface area contributed by atoms with E-state index in [0.29, 0.717) is 58.1 Å². The largest absolute Gasteiger partial charge is 0.460 e. The van der Waals surface area contributed by atoms with Crippen molar-refractivity contribution in [2.24, 2.45) is 0 Å². The van der Waals surface area contributed by atoms with Crippen LogP contribution in [0, 0.1) is 6.92 Å². The van der Waals surface area contributed by atoms with Gasteiger partial charge in [-0.15, -0.1) is 0 Å². The van der Waals surface area contributed by atoms with Crippen molar-refractivity contribution in [3.05, 3.63) is 66.1 Å². The molecule has 4 aromatic rings. The highest BCUT2D eigenvalue weighted by Gasteiger charge is 2.21. The minimum Gasteiger partial charge on any atom is -0.460 e. The first-order chi connectivity index (χ1) is 18.9. The molecule has 39 heavy (non-hydrogen) atoms. The molecule has 3 heterocycles. The molecule has 1 atom stereocenters. The fraction of sp³-hybridized carbons (Fsp3) is 0.310. The van der Waals surface area contributed by atoms with Crippen LogP contribution in [0.4, 0.5) is 17.3 Å². The van der Waals surface area contributed by atoms with Crippen molar-refractivity contribution in [1.82, 2.24) is 20.2 Å².